The van der Waals surface area contributed by atoms with Crippen molar-refractivity contribution < 1.29 is 9.50 Å². The minimum absolute atomic E-state index is 0.275. The number of piperidine rings is 1. The van der Waals surface area contributed by atoms with Crippen LogP contribution in [-0.4, -0.2) is 28.6 Å². The number of aryl methyl sites for hydroxylation is 1. The molecule has 0 radical (unpaired) electrons. The maximum atomic E-state index is 13.5. The summed E-state index contributed by atoms with van der Waals surface area (Å²) in [6.07, 6.45) is 2.96. The largest absolute Gasteiger partial charge is 0.386 e. The van der Waals surface area contributed by atoms with Crippen molar-refractivity contribution >= 4 is 0 Å². The smallest absolute Gasteiger partial charge is 0.123 e. The monoisotopic (exact) mass is 265 g/mol. The quantitative estimate of drug-likeness (QED) is 0.905. The normalized spacial score (nSPS) is 19.4. The van der Waals surface area contributed by atoms with Crippen LogP contribution in [0.25, 0.3) is 0 Å². The van der Waals surface area contributed by atoms with E-state index >= 15 is 0 Å². The first-order valence-electron chi connectivity index (χ1n) is 7.11. The van der Waals surface area contributed by atoms with Crippen molar-refractivity contribution in [3.63, 3.8) is 0 Å². The maximum absolute atomic E-state index is 13.5. The molecular formula is C16H24FNO. The molecule has 1 atom stereocenters. The number of rotatable bonds is 3. The third-order valence-corrected chi connectivity index (χ3v) is 4.22. The van der Waals surface area contributed by atoms with Crippen molar-refractivity contribution in [3.05, 3.63) is 35.1 Å². The molecule has 2 rings (SSSR count). The van der Waals surface area contributed by atoms with Gasteiger partial charge < -0.3 is 5.11 Å². The van der Waals surface area contributed by atoms with E-state index in [9.17, 15) is 9.50 Å². The molecule has 1 heterocycles. The highest BCUT2D eigenvalue weighted by Crippen LogP contribution is 2.33. The van der Waals surface area contributed by atoms with Crippen molar-refractivity contribution in [2.45, 2.75) is 51.7 Å². The van der Waals surface area contributed by atoms with Crippen LogP contribution in [0.2, 0.25) is 0 Å². The van der Waals surface area contributed by atoms with Crippen LogP contribution < -0.4 is 0 Å². The molecule has 1 aromatic carbocycles. The molecular weight excluding hydrogens is 241 g/mol. The summed E-state index contributed by atoms with van der Waals surface area (Å²) in [5, 5.41) is 10.6. The molecule has 3 heteroatoms. The van der Waals surface area contributed by atoms with Crippen molar-refractivity contribution in [1.29, 1.82) is 0 Å². The van der Waals surface area contributed by atoms with Crippen LogP contribution in [0.15, 0.2) is 18.2 Å². The summed E-state index contributed by atoms with van der Waals surface area (Å²) in [6, 6.07) is 4.81. The lowest BCUT2D eigenvalue weighted by atomic mass is 9.87. The number of hydrogen-bond donors (Lipinski definition) is 1. The van der Waals surface area contributed by atoms with Gasteiger partial charge >= 0.3 is 0 Å². The van der Waals surface area contributed by atoms with Crippen molar-refractivity contribution in [3.8, 4) is 0 Å². The summed E-state index contributed by atoms with van der Waals surface area (Å²) in [7, 11) is 0. The summed E-state index contributed by atoms with van der Waals surface area (Å²) in [4.78, 5) is 2.32. The molecule has 1 aliphatic heterocycles. The predicted molar refractivity (Wildman–Crippen MR) is 75.6 cm³/mol. The number of hydrogen-bond acceptors (Lipinski definition) is 2. The first kappa shape index (κ1) is 14.5. The van der Waals surface area contributed by atoms with Crippen molar-refractivity contribution in [2.75, 3.05) is 13.1 Å². The summed E-state index contributed by atoms with van der Waals surface area (Å²) < 4.78 is 13.5. The van der Waals surface area contributed by atoms with Gasteiger partial charge in [-0.1, -0.05) is 12.5 Å². The molecule has 19 heavy (non-hydrogen) atoms. The first-order chi connectivity index (χ1) is 8.91. The highest BCUT2D eigenvalue weighted by atomic mass is 19.1. The van der Waals surface area contributed by atoms with Crippen LogP contribution in [0.1, 0.15) is 50.3 Å². The Kier molecular flexibility index (Phi) is 4.26. The SMILES string of the molecule is Cc1cc(F)cc(C(O)C(C)(C)N2CCCCC2)c1. The maximum Gasteiger partial charge on any atom is 0.123 e. The van der Waals surface area contributed by atoms with E-state index in [1.165, 1.54) is 31.4 Å². The molecule has 0 aliphatic carbocycles. The number of aliphatic hydroxyl groups is 1. The lowest BCUT2D eigenvalue weighted by molar-refractivity contribution is -0.0210. The van der Waals surface area contributed by atoms with Gasteiger partial charge in [-0.3, -0.25) is 4.90 Å². The van der Waals surface area contributed by atoms with Crippen LogP contribution in [0.3, 0.4) is 0 Å². The minimum atomic E-state index is -0.667. The van der Waals surface area contributed by atoms with Gasteiger partial charge in [-0.05, 0) is 70.0 Å². The molecule has 0 spiro atoms. The Morgan fingerprint density at radius 3 is 2.37 bits per heavy atom. The lowest BCUT2D eigenvalue weighted by Gasteiger charge is -2.44. The molecule has 106 valence electrons. The van der Waals surface area contributed by atoms with Gasteiger partial charge in [0.05, 0.1) is 6.10 Å². The highest BCUT2D eigenvalue weighted by Gasteiger charge is 2.36. The van der Waals surface area contributed by atoms with Crippen LogP contribution in [0.4, 0.5) is 4.39 Å². The zero-order chi connectivity index (χ0) is 14.0. The van der Waals surface area contributed by atoms with E-state index in [0.29, 0.717) is 5.56 Å². The molecule has 1 N–H and O–H groups in total. The molecule has 0 bridgehead atoms. The number of benzene rings is 1. The Labute approximate surface area is 115 Å². The van der Waals surface area contributed by atoms with Gasteiger partial charge in [0.15, 0.2) is 0 Å². The molecule has 1 unspecified atom stereocenters. The van der Waals surface area contributed by atoms with E-state index in [4.69, 9.17) is 0 Å². The summed E-state index contributed by atoms with van der Waals surface area (Å²) in [6.45, 7) is 7.97. The Bertz CT molecular complexity index is 418. The molecule has 0 saturated carbocycles. The van der Waals surface area contributed by atoms with Crippen LogP contribution in [0, 0.1) is 12.7 Å². The Hall–Kier alpha value is -0.930. The Morgan fingerprint density at radius 2 is 1.79 bits per heavy atom. The van der Waals surface area contributed by atoms with Gasteiger partial charge in [0.1, 0.15) is 5.82 Å². The molecule has 1 aromatic rings. The fourth-order valence-corrected chi connectivity index (χ4v) is 2.97. The van der Waals surface area contributed by atoms with Gasteiger partial charge in [-0.2, -0.15) is 0 Å². The van der Waals surface area contributed by atoms with Gasteiger partial charge in [0.2, 0.25) is 0 Å². The van der Waals surface area contributed by atoms with Gasteiger partial charge in [0, 0.05) is 5.54 Å². The molecule has 0 amide bonds. The standard InChI is InChI=1S/C16H24FNO/c1-12-9-13(11-14(17)10-12)15(19)16(2,3)18-7-5-4-6-8-18/h9-11,15,19H,4-8H2,1-3H3. The van der Waals surface area contributed by atoms with E-state index in [0.717, 1.165) is 18.7 Å². The summed E-state index contributed by atoms with van der Waals surface area (Å²) in [5.74, 6) is -0.275. The number of likely N-dealkylation sites (tertiary alicyclic amines) is 1. The van der Waals surface area contributed by atoms with E-state index in [1.54, 1.807) is 0 Å². The molecule has 2 nitrogen and oxygen atoms in total. The van der Waals surface area contributed by atoms with E-state index in [-0.39, 0.29) is 11.4 Å². The first-order valence-corrected chi connectivity index (χ1v) is 7.11. The van der Waals surface area contributed by atoms with Gasteiger partial charge in [0.25, 0.3) is 0 Å². The number of nitrogens with zero attached hydrogens (tertiary/aromatic N) is 1. The third kappa shape index (κ3) is 3.15. The molecule has 1 aliphatic rings. The third-order valence-electron chi connectivity index (χ3n) is 4.22. The second-order valence-electron chi connectivity index (χ2n) is 6.17. The molecule has 1 fully saturated rings. The van der Waals surface area contributed by atoms with Gasteiger partial charge in [-0.15, -0.1) is 0 Å². The van der Waals surface area contributed by atoms with E-state index in [1.807, 2.05) is 26.8 Å². The van der Waals surface area contributed by atoms with Gasteiger partial charge in [-0.25, -0.2) is 4.39 Å². The topological polar surface area (TPSA) is 23.5 Å². The molecule has 0 aromatic heterocycles. The van der Waals surface area contributed by atoms with Crippen molar-refractivity contribution in [1.82, 2.24) is 4.90 Å². The van der Waals surface area contributed by atoms with Crippen molar-refractivity contribution in [2.24, 2.45) is 0 Å². The lowest BCUT2D eigenvalue weighted by Crippen LogP contribution is -2.50. The fourth-order valence-electron chi connectivity index (χ4n) is 2.97. The average molecular weight is 265 g/mol. The second-order valence-corrected chi connectivity index (χ2v) is 6.17. The highest BCUT2D eigenvalue weighted by molar-refractivity contribution is 5.27. The Balaban J connectivity index is 2.22. The second kappa shape index (κ2) is 5.59. The van der Waals surface area contributed by atoms with Crippen LogP contribution in [0.5, 0.6) is 0 Å². The van der Waals surface area contributed by atoms with E-state index < -0.39 is 6.10 Å². The number of halogens is 1. The van der Waals surface area contributed by atoms with Crippen LogP contribution in [-0.2, 0) is 0 Å². The predicted octanol–water partition coefficient (Wildman–Crippen LogP) is 3.43. The summed E-state index contributed by atoms with van der Waals surface area (Å²) in [5.41, 5.74) is 1.16. The average Bonchev–Trinajstić information content (AvgIpc) is 2.37. The van der Waals surface area contributed by atoms with E-state index in [2.05, 4.69) is 4.90 Å². The summed E-state index contributed by atoms with van der Waals surface area (Å²) >= 11 is 0. The van der Waals surface area contributed by atoms with Crippen LogP contribution >= 0.6 is 0 Å². The minimum Gasteiger partial charge on any atom is -0.386 e. The zero-order valence-electron chi connectivity index (χ0n) is 12.1. The fraction of sp³-hybridized carbons (Fsp3) is 0.625. The zero-order valence-corrected chi connectivity index (χ0v) is 12.1. The number of aliphatic hydroxyl groups excluding tert-OH is 1. The Morgan fingerprint density at radius 1 is 1.16 bits per heavy atom. The molecule has 1 saturated heterocycles.